The second kappa shape index (κ2) is 4.93. The number of nitrogens with zero attached hydrogens (tertiary/aromatic N) is 1. The summed E-state index contributed by atoms with van der Waals surface area (Å²) in [5, 5.41) is 9.51. The van der Waals surface area contributed by atoms with E-state index in [1.54, 1.807) is 0 Å². The van der Waals surface area contributed by atoms with Crippen molar-refractivity contribution in [1.82, 2.24) is 3.11 Å². The molecule has 3 unspecified atom stereocenters. The van der Waals surface area contributed by atoms with Crippen molar-refractivity contribution in [3.8, 4) is 0 Å². The molecule has 3 fully saturated rings. The van der Waals surface area contributed by atoms with Gasteiger partial charge in [-0.3, -0.25) is 4.79 Å². The molecule has 1 saturated heterocycles. The van der Waals surface area contributed by atoms with Crippen LogP contribution in [0.15, 0.2) is 0 Å². The summed E-state index contributed by atoms with van der Waals surface area (Å²) in [7, 11) is 0. The molecular weight excluding hydrogens is 341 g/mol. The van der Waals surface area contributed by atoms with Gasteiger partial charge in [0.05, 0.1) is 5.92 Å². The highest BCUT2D eigenvalue weighted by atomic mass is 127. The predicted octanol–water partition coefficient (Wildman–Crippen LogP) is 3.33. The van der Waals surface area contributed by atoms with Gasteiger partial charge in [0.15, 0.2) is 0 Å². The number of carbonyl (C=O) groups is 1. The molecule has 4 heteroatoms. The molecule has 3 aliphatic rings. The molecule has 0 aromatic carbocycles. The van der Waals surface area contributed by atoms with Gasteiger partial charge in [-0.25, -0.2) is 3.11 Å². The van der Waals surface area contributed by atoms with E-state index in [0.717, 1.165) is 25.9 Å². The van der Waals surface area contributed by atoms with Crippen molar-refractivity contribution in [1.29, 1.82) is 0 Å². The SMILES string of the molecule is O=C(O)C1CC2(CCN(I)CC2)C2CCCCC12. The van der Waals surface area contributed by atoms with E-state index in [1.165, 1.54) is 32.1 Å². The number of piperidine rings is 1. The van der Waals surface area contributed by atoms with Crippen LogP contribution >= 0.6 is 22.9 Å². The van der Waals surface area contributed by atoms with E-state index >= 15 is 0 Å². The second-order valence-corrected chi connectivity index (χ2v) is 7.84. The standard InChI is InChI=1S/C14H22INO2/c15-16-7-5-14(6-8-16)9-11(13(17)18)10-3-1-2-4-12(10)14/h10-12H,1-9H2,(H,17,18). The number of hydrogen-bond donors (Lipinski definition) is 1. The normalized spacial score (nSPS) is 39.7. The molecule has 0 amide bonds. The van der Waals surface area contributed by atoms with Crippen LogP contribution in [-0.2, 0) is 4.79 Å². The molecule has 0 aromatic heterocycles. The molecular formula is C14H22INO2. The van der Waals surface area contributed by atoms with E-state index < -0.39 is 5.97 Å². The number of carboxylic acid groups (broad SMARTS) is 1. The van der Waals surface area contributed by atoms with Crippen molar-refractivity contribution in [2.75, 3.05) is 13.1 Å². The molecule has 2 aliphatic carbocycles. The summed E-state index contributed by atoms with van der Waals surface area (Å²) in [4.78, 5) is 11.5. The van der Waals surface area contributed by atoms with Gasteiger partial charge in [0.1, 0.15) is 0 Å². The lowest BCUT2D eigenvalue weighted by Crippen LogP contribution is -2.39. The summed E-state index contributed by atoms with van der Waals surface area (Å²) in [6.07, 6.45) is 8.43. The van der Waals surface area contributed by atoms with Gasteiger partial charge in [0, 0.05) is 36.0 Å². The maximum absolute atomic E-state index is 11.5. The Balaban J connectivity index is 1.84. The maximum atomic E-state index is 11.5. The predicted molar refractivity (Wildman–Crippen MR) is 78.5 cm³/mol. The molecule has 1 N–H and O–H groups in total. The van der Waals surface area contributed by atoms with Crippen LogP contribution in [0, 0.1) is 23.2 Å². The molecule has 1 heterocycles. The summed E-state index contributed by atoms with van der Waals surface area (Å²) in [5.41, 5.74) is 0.371. The number of rotatable bonds is 1. The number of fused-ring (bicyclic) bond motifs is 2. The molecule has 3 nitrogen and oxygen atoms in total. The fourth-order valence-corrected chi connectivity index (χ4v) is 5.39. The van der Waals surface area contributed by atoms with Crippen LogP contribution < -0.4 is 0 Å². The summed E-state index contributed by atoms with van der Waals surface area (Å²) in [6, 6.07) is 0. The first-order chi connectivity index (χ1) is 8.62. The lowest BCUT2D eigenvalue weighted by atomic mass is 9.65. The van der Waals surface area contributed by atoms with E-state index in [-0.39, 0.29) is 5.92 Å². The lowest BCUT2D eigenvalue weighted by molar-refractivity contribution is -0.143. The van der Waals surface area contributed by atoms with Crippen molar-refractivity contribution in [2.24, 2.45) is 23.2 Å². The van der Waals surface area contributed by atoms with Crippen LogP contribution in [0.2, 0.25) is 0 Å². The Morgan fingerprint density at radius 1 is 1.22 bits per heavy atom. The third-order valence-corrected chi connectivity index (χ3v) is 6.74. The Morgan fingerprint density at radius 3 is 2.56 bits per heavy atom. The molecule has 18 heavy (non-hydrogen) atoms. The Kier molecular flexibility index (Phi) is 3.60. The van der Waals surface area contributed by atoms with E-state index in [0.29, 0.717) is 17.3 Å². The topological polar surface area (TPSA) is 40.5 Å². The Bertz CT molecular complexity index is 339. The third-order valence-electron chi connectivity index (χ3n) is 5.77. The van der Waals surface area contributed by atoms with Gasteiger partial charge in [-0.15, -0.1) is 0 Å². The molecule has 0 bridgehead atoms. The van der Waals surface area contributed by atoms with Crippen LogP contribution in [0.4, 0.5) is 0 Å². The van der Waals surface area contributed by atoms with E-state index in [1.807, 2.05) is 0 Å². The van der Waals surface area contributed by atoms with Crippen molar-refractivity contribution in [2.45, 2.75) is 44.9 Å². The average molecular weight is 363 g/mol. The third kappa shape index (κ3) is 2.09. The van der Waals surface area contributed by atoms with Gasteiger partial charge in [0.25, 0.3) is 0 Å². The monoisotopic (exact) mass is 363 g/mol. The zero-order chi connectivity index (χ0) is 12.8. The van der Waals surface area contributed by atoms with Gasteiger partial charge in [-0.2, -0.15) is 0 Å². The number of aliphatic carboxylic acids is 1. The highest BCUT2D eigenvalue weighted by molar-refractivity contribution is 14.1. The van der Waals surface area contributed by atoms with E-state index in [9.17, 15) is 9.90 Å². The Hall–Kier alpha value is 0.160. The van der Waals surface area contributed by atoms with Crippen molar-refractivity contribution < 1.29 is 9.90 Å². The van der Waals surface area contributed by atoms with Crippen molar-refractivity contribution in [3.05, 3.63) is 0 Å². The van der Waals surface area contributed by atoms with Crippen LogP contribution in [0.1, 0.15) is 44.9 Å². The zero-order valence-electron chi connectivity index (χ0n) is 10.8. The fraction of sp³-hybridized carbons (Fsp3) is 0.929. The minimum absolute atomic E-state index is 0.0453. The first-order valence-electron chi connectivity index (χ1n) is 7.26. The Morgan fingerprint density at radius 2 is 1.89 bits per heavy atom. The van der Waals surface area contributed by atoms with Crippen LogP contribution in [0.25, 0.3) is 0 Å². The van der Waals surface area contributed by atoms with Gasteiger partial charge in [-0.1, -0.05) is 12.8 Å². The summed E-state index contributed by atoms with van der Waals surface area (Å²) in [6.45, 7) is 2.30. The Labute approximate surface area is 123 Å². The van der Waals surface area contributed by atoms with Crippen LogP contribution in [-0.4, -0.2) is 27.3 Å². The largest absolute Gasteiger partial charge is 0.481 e. The molecule has 2 saturated carbocycles. The van der Waals surface area contributed by atoms with Gasteiger partial charge in [-0.05, 0) is 49.4 Å². The smallest absolute Gasteiger partial charge is 0.306 e. The van der Waals surface area contributed by atoms with Crippen molar-refractivity contribution in [3.63, 3.8) is 0 Å². The van der Waals surface area contributed by atoms with Crippen molar-refractivity contribution >= 4 is 28.8 Å². The van der Waals surface area contributed by atoms with E-state index in [2.05, 4.69) is 26.0 Å². The fourth-order valence-electron chi connectivity index (χ4n) is 4.91. The molecule has 3 atom stereocenters. The molecule has 0 aromatic rings. The second-order valence-electron chi connectivity index (χ2n) is 6.48. The van der Waals surface area contributed by atoms with E-state index in [4.69, 9.17) is 0 Å². The lowest BCUT2D eigenvalue weighted by Gasteiger charge is -2.44. The number of hydrogen-bond acceptors (Lipinski definition) is 2. The zero-order valence-corrected chi connectivity index (χ0v) is 12.9. The first-order valence-corrected chi connectivity index (χ1v) is 8.22. The number of halogens is 1. The van der Waals surface area contributed by atoms with Gasteiger partial charge >= 0.3 is 5.97 Å². The molecule has 1 aliphatic heterocycles. The summed E-state index contributed by atoms with van der Waals surface area (Å²) in [5.74, 6) is 0.617. The quantitative estimate of drug-likeness (QED) is 0.574. The number of carboxylic acids is 1. The highest BCUT2D eigenvalue weighted by Gasteiger charge is 2.55. The van der Waals surface area contributed by atoms with Crippen LogP contribution in [0.3, 0.4) is 0 Å². The molecule has 0 radical (unpaired) electrons. The molecule has 102 valence electrons. The summed E-state index contributed by atoms with van der Waals surface area (Å²) >= 11 is 2.41. The van der Waals surface area contributed by atoms with Gasteiger partial charge in [0.2, 0.25) is 0 Å². The van der Waals surface area contributed by atoms with Gasteiger partial charge < -0.3 is 5.11 Å². The minimum atomic E-state index is -0.527. The van der Waals surface area contributed by atoms with Crippen LogP contribution in [0.5, 0.6) is 0 Å². The first kappa shape index (κ1) is 13.2. The maximum Gasteiger partial charge on any atom is 0.306 e. The molecule has 3 rings (SSSR count). The molecule has 1 spiro atoms. The summed E-state index contributed by atoms with van der Waals surface area (Å²) < 4.78 is 2.37. The minimum Gasteiger partial charge on any atom is -0.481 e. The highest BCUT2D eigenvalue weighted by Crippen LogP contribution is 2.60. The average Bonchev–Trinajstić information content (AvgIpc) is 2.69.